The summed E-state index contributed by atoms with van der Waals surface area (Å²) in [5, 5.41) is 38.6. The third kappa shape index (κ3) is 7.51. The molecule has 19 nitrogen and oxygen atoms in total. The van der Waals surface area contributed by atoms with Gasteiger partial charge >= 0.3 is 0 Å². The molecule has 2 saturated carbocycles. The number of hydrogen-bond donors (Lipinski definition) is 6. The number of nitrogens with two attached hydrogens (primary N) is 2. The van der Waals surface area contributed by atoms with Crippen LogP contribution >= 0.6 is 23.2 Å². The topological polar surface area (TPSA) is 274 Å². The SMILES string of the molecule is Nc1nc(Cl)nc2c1ncn2[C@@H]1O[C@H](CO)[C@@H]2OC3(CCCCC3)OC21.Nc1nc(Cl)nc2c1ncn2[C@@H]1O[C@H](CO)[C@H](O)C1O.O=C1CCCCC1. The van der Waals surface area contributed by atoms with Crippen molar-refractivity contribution in [2.24, 2.45) is 0 Å². The van der Waals surface area contributed by atoms with E-state index in [1.165, 1.54) is 23.7 Å². The van der Waals surface area contributed by atoms with Crippen molar-refractivity contribution in [2.75, 3.05) is 24.7 Å². The van der Waals surface area contributed by atoms with Gasteiger partial charge in [0, 0.05) is 25.7 Å². The van der Waals surface area contributed by atoms with Gasteiger partial charge in [-0.15, -0.1) is 0 Å². The van der Waals surface area contributed by atoms with Crippen LogP contribution in [0.15, 0.2) is 12.7 Å². The fourth-order valence-corrected chi connectivity index (χ4v) is 7.79. The van der Waals surface area contributed by atoms with Crippen LogP contribution in [0.4, 0.5) is 11.6 Å². The van der Waals surface area contributed by atoms with E-state index in [9.17, 15) is 20.1 Å². The van der Waals surface area contributed by atoms with Gasteiger partial charge in [0.2, 0.25) is 10.6 Å². The number of Topliss-reactive ketones (excluding diaryl/α,β-unsaturated/α-hetero) is 1. The summed E-state index contributed by atoms with van der Waals surface area (Å²) in [6.07, 6.45) is 7.24. The first-order chi connectivity index (χ1) is 25.5. The Hall–Kier alpha value is -3.37. The van der Waals surface area contributed by atoms with Crippen molar-refractivity contribution >= 4 is 62.9 Å². The molecule has 3 aliphatic heterocycles. The van der Waals surface area contributed by atoms with E-state index in [0.29, 0.717) is 22.5 Å². The number of ether oxygens (including phenoxy) is 4. The standard InChI is InChI=1S/C16H20ClN5O4.C10H12ClN5O4.C6H10O/c17-15-20-12(18)9-13(21-15)22(7-19-9)14-11-10(8(6-23)24-14)25-16(26-11)4-2-1-3-5-16;11-10-14-7(12)4-8(15-10)16(2-13-4)9-6(19)5(18)3(1-17)20-9;7-6-4-2-1-3-5-6/h7-8,10-11,14,23H,1-6H2,(H2,18,20,21);2-3,5-6,9,17-19H,1H2,(H2,12,14,15);1-5H2/t8-,10+,11?,14-;3-,5+,6?,9-;/m11./s1. The smallest absolute Gasteiger partial charge is 0.226 e. The summed E-state index contributed by atoms with van der Waals surface area (Å²) in [4.78, 5) is 34.7. The highest BCUT2D eigenvalue weighted by Crippen LogP contribution is 2.49. The molecule has 9 rings (SSSR count). The Balaban J connectivity index is 0.000000142. The van der Waals surface area contributed by atoms with Gasteiger partial charge in [-0.3, -0.25) is 13.9 Å². The number of aliphatic hydroxyl groups excluding tert-OH is 4. The molecule has 8 N–H and O–H groups in total. The van der Waals surface area contributed by atoms with Crippen molar-refractivity contribution < 1.29 is 44.2 Å². The molecule has 2 unspecified atom stereocenters. The molecule has 288 valence electrons. The minimum Gasteiger partial charge on any atom is -0.394 e. The van der Waals surface area contributed by atoms with Gasteiger partial charge in [0.1, 0.15) is 53.4 Å². The molecule has 1 spiro atoms. The predicted octanol–water partition coefficient (Wildman–Crippen LogP) is 1.59. The highest BCUT2D eigenvalue weighted by molar-refractivity contribution is 6.29. The molecular formula is C32H42Cl2N10O9. The molecule has 5 fully saturated rings. The molecule has 8 atom stereocenters. The van der Waals surface area contributed by atoms with E-state index < -0.39 is 49.3 Å². The minimum absolute atomic E-state index is 0.0392. The second-order valence-corrected chi connectivity index (χ2v) is 14.3. The van der Waals surface area contributed by atoms with Gasteiger partial charge in [0.15, 0.2) is 41.2 Å². The fourth-order valence-electron chi connectivity index (χ4n) is 7.45. The summed E-state index contributed by atoms with van der Waals surface area (Å²) in [5.74, 6) is 0.196. The number of anilines is 2. The number of imidazole rings is 2. The van der Waals surface area contributed by atoms with E-state index >= 15 is 0 Å². The van der Waals surface area contributed by atoms with Gasteiger partial charge in [0.05, 0.1) is 25.9 Å². The van der Waals surface area contributed by atoms with Crippen molar-refractivity contribution in [1.29, 1.82) is 0 Å². The van der Waals surface area contributed by atoms with Crippen molar-refractivity contribution in [3.05, 3.63) is 23.2 Å². The second-order valence-electron chi connectivity index (χ2n) is 13.6. The maximum atomic E-state index is 10.5. The van der Waals surface area contributed by atoms with E-state index in [0.717, 1.165) is 51.4 Å². The molecule has 2 aliphatic carbocycles. The fraction of sp³-hybridized carbons (Fsp3) is 0.656. The lowest BCUT2D eigenvalue weighted by atomic mass is 9.94. The van der Waals surface area contributed by atoms with E-state index in [-0.39, 0.29) is 46.7 Å². The molecule has 0 bridgehead atoms. The molecular weight excluding hydrogens is 739 g/mol. The second kappa shape index (κ2) is 15.8. The summed E-state index contributed by atoms with van der Waals surface area (Å²) < 4.78 is 27.2. The van der Waals surface area contributed by atoms with Crippen molar-refractivity contribution in [3.8, 4) is 0 Å². The summed E-state index contributed by atoms with van der Waals surface area (Å²) in [6, 6.07) is 0. The first kappa shape index (κ1) is 37.9. The van der Waals surface area contributed by atoms with E-state index in [1.54, 1.807) is 10.9 Å². The molecule has 5 aliphatic rings. The van der Waals surface area contributed by atoms with Crippen LogP contribution in [0.2, 0.25) is 10.6 Å². The highest BCUT2D eigenvalue weighted by Gasteiger charge is 2.59. The Bertz CT molecular complexity index is 1920. The van der Waals surface area contributed by atoms with Gasteiger partial charge in [-0.1, -0.05) is 12.8 Å². The van der Waals surface area contributed by atoms with Crippen LogP contribution in [0, 0.1) is 0 Å². The van der Waals surface area contributed by atoms with Gasteiger partial charge in [-0.2, -0.15) is 19.9 Å². The lowest BCUT2D eigenvalue weighted by Gasteiger charge is -2.34. The maximum Gasteiger partial charge on any atom is 0.226 e. The van der Waals surface area contributed by atoms with Crippen molar-refractivity contribution in [2.45, 2.75) is 119 Å². The number of aliphatic hydroxyl groups is 4. The van der Waals surface area contributed by atoms with E-state index in [2.05, 4.69) is 29.9 Å². The van der Waals surface area contributed by atoms with Crippen LogP contribution in [0.25, 0.3) is 22.3 Å². The quantitative estimate of drug-likeness (QED) is 0.160. The largest absolute Gasteiger partial charge is 0.394 e. The van der Waals surface area contributed by atoms with E-state index in [1.807, 2.05) is 0 Å². The molecule has 53 heavy (non-hydrogen) atoms. The first-order valence-corrected chi connectivity index (χ1v) is 18.3. The van der Waals surface area contributed by atoms with Crippen LogP contribution in [0.1, 0.15) is 76.7 Å². The third-order valence-electron chi connectivity index (χ3n) is 10.1. The Morgan fingerprint density at radius 2 is 1.23 bits per heavy atom. The maximum absolute atomic E-state index is 10.5. The number of ketones is 1. The average Bonchev–Trinajstić information content (AvgIpc) is 3.95. The van der Waals surface area contributed by atoms with Gasteiger partial charge in [-0.05, 0) is 48.9 Å². The van der Waals surface area contributed by atoms with Gasteiger partial charge in [0.25, 0.3) is 0 Å². The molecule has 3 saturated heterocycles. The van der Waals surface area contributed by atoms with Crippen LogP contribution < -0.4 is 11.5 Å². The zero-order valence-corrected chi connectivity index (χ0v) is 30.1. The van der Waals surface area contributed by atoms with E-state index in [4.69, 9.17) is 58.7 Å². The number of carbonyl (C=O) groups is 1. The lowest BCUT2D eigenvalue weighted by molar-refractivity contribution is -0.232. The number of rotatable bonds is 4. The number of hydrogen-bond acceptors (Lipinski definition) is 17. The Labute approximate surface area is 312 Å². The van der Waals surface area contributed by atoms with Crippen LogP contribution in [0.3, 0.4) is 0 Å². The molecule has 0 aromatic carbocycles. The van der Waals surface area contributed by atoms with Gasteiger partial charge < -0.3 is 50.8 Å². The normalized spacial score (nSPS) is 30.6. The monoisotopic (exact) mass is 780 g/mol. The van der Waals surface area contributed by atoms with Gasteiger partial charge in [-0.25, -0.2) is 9.97 Å². The number of aromatic nitrogens is 8. The Kier molecular flexibility index (Phi) is 11.3. The Morgan fingerprint density at radius 1 is 0.717 bits per heavy atom. The molecule has 7 heterocycles. The highest BCUT2D eigenvalue weighted by atomic mass is 35.5. The van der Waals surface area contributed by atoms with Crippen LogP contribution in [0.5, 0.6) is 0 Å². The summed E-state index contributed by atoms with van der Waals surface area (Å²) in [7, 11) is 0. The molecule has 0 amide bonds. The third-order valence-corrected chi connectivity index (χ3v) is 10.4. The summed E-state index contributed by atoms with van der Waals surface area (Å²) in [6.45, 7) is -0.569. The predicted molar refractivity (Wildman–Crippen MR) is 187 cm³/mol. The van der Waals surface area contributed by atoms with Crippen molar-refractivity contribution in [1.82, 2.24) is 39.0 Å². The summed E-state index contributed by atoms with van der Waals surface area (Å²) >= 11 is 11.7. The summed E-state index contributed by atoms with van der Waals surface area (Å²) in [5.41, 5.74) is 13.1. The number of halogens is 2. The number of carbonyl (C=O) groups excluding carboxylic acids is 1. The van der Waals surface area contributed by atoms with Crippen molar-refractivity contribution in [3.63, 3.8) is 0 Å². The van der Waals surface area contributed by atoms with Crippen LogP contribution in [-0.4, -0.2) is 121 Å². The number of nitrogen functional groups attached to an aromatic ring is 2. The molecule has 4 aromatic rings. The molecule has 21 heteroatoms. The molecule has 0 radical (unpaired) electrons. The molecule has 4 aromatic heterocycles. The average molecular weight is 782 g/mol. The lowest BCUT2D eigenvalue weighted by Crippen LogP contribution is -2.37. The minimum atomic E-state index is -1.24. The zero-order chi connectivity index (χ0) is 37.4. The van der Waals surface area contributed by atoms with Crippen LogP contribution in [-0.2, 0) is 23.7 Å². The number of nitrogens with zero attached hydrogens (tertiary/aromatic N) is 8. The first-order valence-electron chi connectivity index (χ1n) is 17.6. The Morgan fingerprint density at radius 3 is 1.74 bits per heavy atom. The zero-order valence-electron chi connectivity index (χ0n) is 28.6. The number of fused-ring (bicyclic) bond motifs is 3.